The first-order valence-corrected chi connectivity index (χ1v) is 11.1. The lowest BCUT2D eigenvalue weighted by Crippen LogP contribution is -2.24. The smallest absolute Gasteiger partial charge is 0.224 e. The Morgan fingerprint density at radius 3 is 2.35 bits per heavy atom. The van der Waals surface area contributed by atoms with Crippen LogP contribution in [0.3, 0.4) is 0 Å². The lowest BCUT2D eigenvalue weighted by Gasteiger charge is -2.12. The summed E-state index contributed by atoms with van der Waals surface area (Å²) in [6, 6.07) is 22.4. The molecule has 0 spiro atoms. The second kappa shape index (κ2) is 9.40. The van der Waals surface area contributed by atoms with Crippen LogP contribution in [0.5, 0.6) is 0 Å². The summed E-state index contributed by atoms with van der Waals surface area (Å²) in [5.41, 5.74) is 7.88. The Morgan fingerprint density at radius 2 is 1.58 bits per heavy atom. The minimum absolute atomic E-state index is 0.129. The van der Waals surface area contributed by atoms with Crippen LogP contribution < -0.4 is 10.6 Å². The predicted octanol–water partition coefficient (Wildman–Crippen LogP) is 5.07. The number of hydrogen-bond acceptors (Lipinski definition) is 3. The molecule has 3 aromatic carbocycles. The zero-order valence-corrected chi connectivity index (χ0v) is 18.4. The molecule has 4 rings (SSSR count). The normalized spacial score (nSPS) is 13.9. The number of amides is 2. The van der Waals surface area contributed by atoms with Crippen molar-refractivity contribution in [1.29, 1.82) is 0 Å². The molecule has 0 bridgehead atoms. The van der Waals surface area contributed by atoms with Gasteiger partial charge in [0.15, 0.2) is 0 Å². The first-order valence-electron chi connectivity index (χ1n) is 10.5. The zero-order valence-electron chi connectivity index (χ0n) is 17.5. The first kappa shape index (κ1) is 21.2. The average molecular weight is 431 g/mol. The SMILES string of the molecule is Cc1ccc(CNC(=O)CCC(=O)Nc2ccc3c(c2)C(CS)c2ccccc2-3)cc1. The van der Waals surface area contributed by atoms with Crippen LogP contribution in [0.15, 0.2) is 66.7 Å². The van der Waals surface area contributed by atoms with E-state index in [1.807, 2.05) is 55.5 Å². The molecule has 4 nitrogen and oxygen atoms in total. The largest absolute Gasteiger partial charge is 0.352 e. The van der Waals surface area contributed by atoms with Crippen molar-refractivity contribution in [1.82, 2.24) is 5.32 Å². The fourth-order valence-corrected chi connectivity index (χ4v) is 4.42. The van der Waals surface area contributed by atoms with Gasteiger partial charge in [0.1, 0.15) is 0 Å². The van der Waals surface area contributed by atoms with Gasteiger partial charge in [-0.05, 0) is 46.9 Å². The lowest BCUT2D eigenvalue weighted by molar-refractivity contribution is -0.124. The third-order valence-electron chi connectivity index (χ3n) is 5.71. The summed E-state index contributed by atoms with van der Waals surface area (Å²) in [7, 11) is 0. The molecule has 2 amide bonds. The minimum atomic E-state index is -0.164. The van der Waals surface area contributed by atoms with E-state index in [1.54, 1.807) is 0 Å². The van der Waals surface area contributed by atoms with Crippen molar-refractivity contribution >= 4 is 30.1 Å². The Morgan fingerprint density at radius 1 is 0.871 bits per heavy atom. The van der Waals surface area contributed by atoms with Gasteiger partial charge in [0.05, 0.1) is 0 Å². The average Bonchev–Trinajstić information content (AvgIpc) is 3.10. The van der Waals surface area contributed by atoms with Crippen molar-refractivity contribution in [3.05, 3.63) is 89.0 Å². The van der Waals surface area contributed by atoms with Gasteiger partial charge in [0, 0.05) is 36.7 Å². The maximum absolute atomic E-state index is 12.4. The molecule has 0 saturated heterocycles. The van der Waals surface area contributed by atoms with Crippen LogP contribution in [-0.2, 0) is 16.1 Å². The predicted molar refractivity (Wildman–Crippen MR) is 128 cm³/mol. The van der Waals surface area contributed by atoms with Crippen LogP contribution >= 0.6 is 12.6 Å². The van der Waals surface area contributed by atoms with Gasteiger partial charge in [-0.3, -0.25) is 9.59 Å². The molecule has 1 aliphatic carbocycles. The van der Waals surface area contributed by atoms with Gasteiger partial charge in [-0.1, -0.05) is 60.2 Å². The van der Waals surface area contributed by atoms with Crippen molar-refractivity contribution in [2.24, 2.45) is 0 Å². The van der Waals surface area contributed by atoms with Crippen molar-refractivity contribution in [2.75, 3.05) is 11.1 Å². The van der Waals surface area contributed by atoms with Crippen LogP contribution in [0, 0.1) is 6.92 Å². The Labute approximate surface area is 188 Å². The van der Waals surface area contributed by atoms with E-state index in [0.717, 1.165) is 11.3 Å². The maximum Gasteiger partial charge on any atom is 0.224 e. The van der Waals surface area contributed by atoms with Crippen molar-refractivity contribution in [2.45, 2.75) is 32.2 Å². The number of benzene rings is 3. The molecule has 1 atom stereocenters. The van der Waals surface area contributed by atoms with Gasteiger partial charge in [-0.2, -0.15) is 12.6 Å². The first-order chi connectivity index (χ1) is 15.0. The van der Waals surface area contributed by atoms with E-state index in [2.05, 4.69) is 41.5 Å². The number of carbonyl (C=O) groups is 2. The Bertz CT molecular complexity index is 1110. The van der Waals surface area contributed by atoms with E-state index in [4.69, 9.17) is 0 Å². The summed E-state index contributed by atoms with van der Waals surface area (Å²) in [5, 5.41) is 5.80. The topological polar surface area (TPSA) is 58.2 Å². The molecule has 5 heteroatoms. The van der Waals surface area contributed by atoms with E-state index in [1.165, 1.54) is 27.8 Å². The second-order valence-electron chi connectivity index (χ2n) is 7.93. The van der Waals surface area contributed by atoms with Gasteiger partial charge in [-0.25, -0.2) is 0 Å². The van der Waals surface area contributed by atoms with E-state index >= 15 is 0 Å². The third-order valence-corrected chi connectivity index (χ3v) is 6.07. The molecular weight excluding hydrogens is 404 g/mol. The van der Waals surface area contributed by atoms with Crippen LogP contribution in [0.1, 0.15) is 41.0 Å². The third kappa shape index (κ3) is 4.83. The number of fused-ring (bicyclic) bond motifs is 3. The number of hydrogen-bond donors (Lipinski definition) is 3. The monoisotopic (exact) mass is 430 g/mol. The summed E-state index contributed by atoms with van der Waals surface area (Å²) in [6.45, 7) is 2.50. The van der Waals surface area contributed by atoms with Gasteiger partial charge >= 0.3 is 0 Å². The van der Waals surface area contributed by atoms with Crippen molar-refractivity contribution in [3.63, 3.8) is 0 Å². The highest BCUT2D eigenvalue weighted by molar-refractivity contribution is 7.80. The highest BCUT2D eigenvalue weighted by Gasteiger charge is 2.27. The molecule has 158 valence electrons. The molecule has 3 aromatic rings. The van der Waals surface area contributed by atoms with E-state index in [0.29, 0.717) is 12.3 Å². The van der Waals surface area contributed by atoms with E-state index in [-0.39, 0.29) is 30.6 Å². The summed E-state index contributed by atoms with van der Waals surface area (Å²) < 4.78 is 0. The maximum atomic E-state index is 12.4. The number of carbonyl (C=O) groups excluding carboxylic acids is 2. The van der Waals surface area contributed by atoms with Crippen LogP contribution in [0.4, 0.5) is 5.69 Å². The molecular formula is C26H26N2O2S. The highest BCUT2D eigenvalue weighted by atomic mass is 32.1. The van der Waals surface area contributed by atoms with Crippen LogP contribution in [-0.4, -0.2) is 17.6 Å². The van der Waals surface area contributed by atoms with Gasteiger partial charge in [0.2, 0.25) is 11.8 Å². The molecule has 0 aliphatic heterocycles. The molecule has 1 aliphatic rings. The summed E-state index contributed by atoms with van der Waals surface area (Å²) in [5.74, 6) is 0.639. The summed E-state index contributed by atoms with van der Waals surface area (Å²) in [6.07, 6.45) is 0.306. The Balaban J connectivity index is 1.32. The van der Waals surface area contributed by atoms with Crippen molar-refractivity contribution < 1.29 is 9.59 Å². The molecule has 0 heterocycles. The van der Waals surface area contributed by atoms with Crippen LogP contribution in [0.25, 0.3) is 11.1 Å². The molecule has 1 unspecified atom stereocenters. The molecule has 0 radical (unpaired) electrons. The lowest BCUT2D eigenvalue weighted by atomic mass is 9.99. The summed E-state index contributed by atoms with van der Waals surface area (Å²) >= 11 is 4.54. The van der Waals surface area contributed by atoms with Gasteiger partial charge < -0.3 is 10.6 Å². The van der Waals surface area contributed by atoms with E-state index in [9.17, 15) is 9.59 Å². The number of aryl methyl sites for hydroxylation is 1. The zero-order chi connectivity index (χ0) is 21.8. The Kier molecular flexibility index (Phi) is 6.42. The quantitative estimate of drug-likeness (QED) is 0.458. The van der Waals surface area contributed by atoms with Gasteiger partial charge in [0.25, 0.3) is 0 Å². The molecule has 31 heavy (non-hydrogen) atoms. The molecule has 2 N–H and O–H groups in total. The number of anilines is 1. The van der Waals surface area contributed by atoms with Crippen LogP contribution in [0.2, 0.25) is 0 Å². The summed E-state index contributed by atoms with van der Waals surface area (Å²) in [4.78, 5) is 24.5. The fourth-order valence-electron chi connectivity index (χ4n) is 4.03. The molecule has 0 saturated carbocycles. The molecule has 0 aromatic heterocycles. The van der Waals surface area contributed by atoms with Crippen molar-refractivity contribution in [3.8, 4) is 11.1 Å². The number of rotatable bonds is 7. The highest BCUT2D eigenvalue weighted by Crippen LogP contribution is 2.45. The second-order valence-corrected chi connectivity index (χ2v) is 8.30. The molecule has 0 fully saturated rings. The minimum Gasteiger partial charge on any atom is -0.352 e. The van der Waals surface area contributed by atoms with Gasteiger partial charge in [-0.15, -0.1) is 0 Å². The number of thiol groups is 1. The number of nitrogens with one attached hydrogen (secondary N) is 2. The Hall–Kier alpha value is -3.05. The van der Waals surface area contributed by atoms with E-state index < -0.39 is 0 Å². The standard InChI is InChI=1S/C26H26N2O2S/c1-17-6-8-18(9-7-17)15-27-25(29)12-13-26(30)28-19-10-11-22-20-4-2-3-5-21(20)24(16-31)23(22)14-19/h2-11,14,24,31H,12-13,15-16H2,1H3,(H,27,29)(H,28,30). The fraction of sp³-hybridized carbons (Fsp3) is 0.231.